The van der Waals surface area contributed by atoms with Crippen LogP contribution in [0.5, 0.6) is 0 Å². The van der Waals surface area contributed by atoms with Gasteiger partial charge in [0.05, 0.1) is 115 Å². The second kappa shape index (κ2) is 19.9. The number of aromatic nitrogens is 4. The van der Waals surface area contributed by atoms with Gasteiger partial charge >= 0.3 is 23.9 Å². The Labute approximate surface area is 425 Å². The molecule has 76 heavy (non-hydrogen) atoms. The van der Waals surface area contributed by atoms with E-state index in [-0.39, 0.29) is 112 Å². The van der Waals surface area contributed by atoms with Crippen LogP contribution in [-0.2, 0) is 18.9 Å². The number of nitro groups is 4. The highest BCUT2D eigenvalue weighted by atomic mass is 16.6. The van der Waals surface area contributed by atoms with Gasteiger partial charge in [-0.1, -0.05) is 0 Å². The van der Waals surface area contributed by atoms with Crippen molar-refractivity contribution < 1.29 is 57.8 Å². The molecule has 0 unspecified atom stereocenters. The minimum atomic E-state index is -0.866. The minimum Gasteiger partial charge on any atom is -0.465 e. The molecule has 5 heterocycles. The molecule has 4 aromatic carbocycles. The van der Waals surface area contributed by atoms with Crippen LogP contribution in [0.3, 0.4) is 0 Å². The van der Waals surface area contributed by atoms with Gasteiger partial charge in [0.15, 0.2) is 0 Å². The van der Waals surface area contributed by atoms with Crippen molar-refractivity contribution in [3.05, 3.63) is 183 Å². The van der Waals surface area contributed by atoms with E-state index < -0.39 is 66.3 Å². The average Bonchev–Trinajstić information content (AvgIpc) is 4.30. The molecule has 0 fully saturated rings. The van der Waals surface area contributed by atoms with E-state index in [9.17, 15) is 59.6 Å². The van der Waals surface area contributed by atoms with Gasteiger partial charge in [-0.2, -0.15) is 0 Å². The first kappa shape index (κ1) is 49.9. The molecule has 0 radical (unpaired) electrons. The highest BCUT2D eigenvalue weighted by molar-refractivity contribution is 6.05. The molecular formula is C52H34N8O16. The molecular weight excluding hydrogens is 993 g/mol. The number of hydrogen-bond acceptors (Lipinski definition) is 18. The number of nitrogens with one attached hydrogen (secondary N) is 2. The summed E-state index contributed by atoms with van der Waals surface area (Å²) in [5, 5.41) is 51.7. The maximum absolute atomic E-state index is 13.1. The predicted octanol–water partition coefficient (Wildman–Crippen LogP) is 10.1. The lowest BCUT2D eigenvalue weighted by Gasteiger charge is -2.10. The van der Waals surface area contributed by atoms with Crippen LogP contribution in [-0.4, -0.2) is 91.9 Å². The van der Waals surface area contributed by atoms with E-state index in [1.165, 1.54) is 97.1 Å². The number of benzene rings is 4. The van der Waals surface area contributed by atoms with E-state index >= 15 is 0 Å². The van der Waals surface area contributed by atoms with E-state index in [2.05, 4.69) is 9.97 Å². The Kier molecular flexibility index (Phi) is 13.1. The number of fused-ring (bicyclic) bond motifs is 8. The number of nitrogens with zero attached hydrogens (tertiary/aromatic N) is 6. The third-order valence-electron chi connectivity index (χ3n) is 12.3. The second-order valence-corrected chi connectivity index (χ2v) is 16.4. The molecule has 8 bridgehead atoms. The highest BCUT2D eigenvalue weighted by Crippen LogP contribution is 2.44. The molecule has 0 saturated carbocycles. The number of nitro benzene ring substituents is 4. The molecule has 2 aliphatic rings. The number of carbonyl (C=O) groups excluding carboxylic acids is 4. The summed E-state index contributed by atoms with van der Waals surface area (Å²) >= 11 is 0. The van der Waals surface area contributed by atoms with Crippen LogP contribution in [0.15, 0.2) is 97.1 Å². The summed E-state index contributed by atoms with van der Waals surface area (Å²) in [7, 11) is 4.44. The smallest absolute Gasteiger partial charge is 0.337 e. The quantitative estimate of drug-likeness (QED) is 0.0497. The Bertz CT molecular complexity index is 3500. The molecule has 24 heteroatoms. The van der Waals surface area contributed by atoms with Crippen LogP contribution in [0.4, 0.5) is 22.7 Å². The van der Waals surface area contributed by atoms with Gasteiger partial charge < -0.3 is 28.9 Å². The Morgan fingerprint density at radius 1 is 0.368 bits per heavy atom. The lowest BCUT2D eigenvalue weighted by Crippen LogP contribution is -2.04. The van der Waals surface area contributed by atoms with Gasteiger partial charge in [0.1, 0.15) is 0 Å². The number of esters is 4. The third kappa shape index (κ3) is 8.88. The molecule has 3 aromatic heterocycles. The van der Waals surface area contributed by atoms with Crippen LogP contribution in [0.1, 0.15) is 64.2 Å². The Morgan fingerprint density at radius 3 is 0.763 bits per heavy atom. The fourth-order valence-corrected chi connectivity index (χ4v) is 8.90. The summed E-state index contributed by atoms with van der Waals surface area (Å²) in [6.07, 6.45) is 5.71. The van der Waals surface area contributed by atoms with Crippen LogP contribution < -0.4 is 0 Å². The molecule has 2 N–H and O–H groups in total. The van der Waals surface area contributed by atoms with E-state index in [4.69, 9.17) is 28.9 Å². The SMILES string of the molecule is COC(=O)c1ccc([N+](=O)[O-])c(-c2c3nc(c(-c4cc(C(=O)OC)ccc4[N+](=O)[O-])c4ccc([nH]4)c(-c4cc(C(=O)OC)ccc4[N+](=O)[O-])c4nc(c(-c5cc(C(=O)OC)ccc5[N+](=O)[O-])c5ccc2[nH]5)C=C4)C=C3)c1. The fraction of sp³-hybridized carbons (Fsp3) is 0.0769. The highest BCUT2D eigenvalue weighted by Gasteiger charge is 2.30. The normalized spacial score (nSPS) is 11.4. The van der Waals surface area contributed by atoms with Gasteiger partial charge in [-0.15, -0.1) is 0 Å². The van der Waals surface area contributed by atoms with Crippen molar-refractivity contribution in [3.63, 3.8) is 0 Å². The minimum absolute atomic E-state index is 0.0396. The molecule has 0 amide bonds. The number of methoxy groups -OCH3 is 4. The van der Waals surface area contributed by atoms with Gasteiger partial charge in [-0.25, -0.2) is 29.1 Å². The van der Waals surface area contributed by atoms with Crippen molar-refractivity contribution >= 4 is 93.0 Å². The molecule has 2 aliphatic heterocycles. The molecule has 7 aromatic rings. The Balaban J connectivity index is 1.57. The first-order valence-corrected chi connectivity index (χ1v) is 22.1. The van der Waals surface area contributed by atoms with Gasteiger partial charge in [-0.05, 0) is 97.1 Å². The van der Waals surface area contributed by atoms with Crippen LogP contribution >= 0.6 is 0 Å². The maximum atomic E-state index is 13.1. The number of carbonyl (C=O) groups is 4. The molecule has 0 atom stereocenters. The Hall–Kier alpha value is -11.0. The summed E-state index contributed by atoms with van der Waals surface area (Å²) in [5.41, 5.74) is -3.61. The molecule has 0 saturated heterocycles. The van der Waals surface area contributed by atoms with Crippen LogP contribution in [0, 0.1) is 40.5 Å². The first-order chi connectivity index (χ1) is 36.5. The molecule has 378 valence electrons. The van der Waals surface area contributed by atoms with Crippen LogP contribution in [0.2, 0.25) is 0 Å². The largest absolute Gasteiger partial charge is 0.465 e. The maximum Gasteiger partial charge on any atom is 0.337 e. The summed E-state index contributed by atoms with van der Waals surface area (Å²) in [4.78, 5) is 117. The Morgan fingerprint density at radius 2 is 0.579 bits per heavy atom. The molecule has 0 spiro atoms. The van der Waals surface area contributed by atoms with E-state index in [1.807, 2.05) is 0 Å². The van der Waals surface area contributed by atoms with Crippen molar-refractivity contribution in [2.24, 2.45) is 0 Å². The molecule has 24 nitrogen and oxygen atoms in total. The lowest BCUT2D eigenvalue weighted by atomic mass is 9.99. The summed E-state index contributed by atoms with van der Waals surface area (Å²) in [6, 6.07) is 19.7. The van der Waals surface area contributed by atoms with Crippen LogP contribution in [0.25, 0.3) is 90.9 Å². The second-order valence-electron chi connectivity index (χ2n) is 16.4. The number of rotatable bonds is 12. The van der Waals surface area contributed by atoms with E-state index in [0.717, 1.165) is 52.7 Å². The average molecular weight is 1030 g/mol. The van der Waals surface area contributed by atoms with Gasteiger partial charge in [0.25, 0.3) is 22.7 Å². The number of ether oxygens (including phenoxy) is 4. The number of H-pyrrole nitrogens is 2. The number of hydrogen-bond donors (Lipinski definition) is 2. The zero-order chi connectivity index (χ0) is 54.3. The van der Waals surface area contributed by atoms with Crippen molar-refractivity contribution in [2.75, 3.05) is 28.4 Å². The van der Waals surface area contributed by atoms with Gasteiger partial charge in [0, 0.05) is 68.6 Å². The topological polar surface area (TPSA) is 335 Å². The first-order valence-electron chi connectivity index (χ1n) is 22.1. The fourth-order valence-electron chi connectivity index (χ4n) is 8.90. The lowest BCUT2D eigenvalue weighted by molar-refractivity contribution is -0.384. The standard InChI is InChI=1S/C52H34N8O16/c1-73-49(61)25-5-17-41(57(65)66)29(21-25)45-33-9-11-35(53-33)46(30-22-26(50(62)74-2)6-18-42(30)58(67)68)37-13-15-39(55-37)48(32-24-28(52(64)76-4)8-20-44(32)60(71)72)40-16-14-38(56-40)47(36-12-10-34(45)54-36)31-23-27(51(63)75-3)7-19-43(31)59(69)70/h5-24,53,56H,1-4H3. The van der Waals surface area contributed by atoms with Crippen molar-refractivity contribution in [3.8, 4) is 44.5 Å². The molecule has 0 aliphatic carbocycles. The molecule has 9 rings (SSSR count). The summed E-state index contributed by atoms with van der Waals surface area (Å²) in [5.74, 6) is -3.47. The number of aromatic amines is 2. The monoisotopic (exact) mass is 1030 g/mol. The predicted molar refractivity (Wildman–Crippen MR) is 273 cm³/mol. The van der Waals surface area contributed by atoms with Gasteiger partial charge in [0.2, 0.25) is 0 Å². The van der Waals surface area contributed by atoms with Crippen molar-refractivity contribution in [2.45, 2.75) is 0 Å². The van der Waals surface area contributed by atoms with E-state index in [0.29, 0.717) is 0 Å². The summed E-state index contributed by atoms with van der Waals surface area (Å²) < 4.78 is 19.9. The van der Waals surface area contributed by atoms with Crippen molar-refractivity contribution in [1.82, 2.24) is 19.9 Å². The third-order valence-corrected chi connectivity index (χ3v) is 12.3. The van der Waals surface area contributed by atoms with E-state index in [1.54, 1.807) is 0 Å². The zero-order valence-electron chi connectivity index (χ0n) is 39.8. The van der Waals surface area contributed by atoms with Gasteiger partial charge in [-0.3, -0.25) is 40.5 Å². The summed E-state index contributed by atoms with van der Waals surface area (Å²) in [6.45, 7) is 0. The van der Waals surface area contributed by atoms with Crippen molar-refractivity contribution in [1.29, 1.82) is 0 Å². The zero-order valence-corrected chi connectivity index (χ0v) is 39.8.